The van der Waals surface area contributed by atoms with Crippen LogP contribution in [0.1, 0.15) is 37.8 Å². The molecule has 0 spiro atoms. The lowest BCUT2D eigenvalue weighted by atomic mass is 9.74. The summed E-state index contributed by atoms with van der Waals surface area (Å²) in [6.45, 7) is 7.97. The van der Waals surface area contributed by atoms with Crippen LogP contribution in [-0.4, -0.2) is 13.0 Å². The zero-order chi connectivity index (χ0) is 14.1. The topological polar surface area (TPSA) is 52.3 Å². The second-order valence-electron chi connectivity index (χ2n) is 5.54. The van der Waals surface area contributed by atoms with E-state index in [2.05, 4.69) is 15.9 Å². The summed E-state index contributed by atoms with van der Waals surface area (Å²) >= 11 is 3.43. The van der Waals surface area contributed by atoms with Crippen LogP contribution in [0.2, 0.25) is 0 Å². The van der Waals surface area contributed by atoms with E-state index in [1.165, 1.54) is 0 Å². The van der Waals surface area contributed by atoms with Gasteiger partial charge in [-0.1, -0.05) is 36.7 Å². The van der Waals surface area contributed by atoms with Crippen molar-refractivity contribution in [3.8, 4) is 5.75 Å². The molecule has 18 heavy (non-hydrogen) atoms. The summed E-state index contributed by atoms with van der Waals surface area (Å²) in [6.07, 6.45) is 0. The molecule has 0 aliphatic rings. The highest BCUT2D eigenvalue weighted by Gasteiger charge is 2.34. The summed E-state index contributed by atoms with van der Waals surface area (Å²) in [7, 11) is 1.60. The zero-order valence-electron chi connectivity index (χ0n) is 11.5. The maximum atomic E-state index is 11.8. The van der Waals surface area contributed by atoms with Crippen LogP contribution in [-0.2, 0) is 4.79 Å². The van der Waals surface area contributed by atoms with Crippen molar-refractivity contribution in [2.24, 2.45) is 11.1 Å². The summed E-state index contributed by atoms with van der Waals surface area (Å²) < 4.78 is 6.32. The summed E-state index contributed by atoms with van der Waals surface area (Å²) in [6, 6.07) is 3.84. The molecule has 0 bridgehead atoms. The van der Waals surface area contributed by atoms with E-state index in [0.29, 0.717) is 5.75 Å². The van der Waals surface area contributed by atoms with Gasteiger partial charge in [0.15, 0.2) is 0 Å². The Hall–Kier alpha value is -1.03. The van der Waals surface area contributed by atoms with Crippen molar-refractivity contribution >= 4 is 21.8 Å². The third-order valence-electron chi connectivity index (χ3n) is 2.97. The van der Waals surface area contributed by atoms with Gasteiger partial charge in [0.2, 0.25) is 5.91 Å². The third kappa shape index (κ3) is 3.05. The van der Waals surface area contributed by atoms with E-state index in [4.69, 9.17) is 10.5 Å². The molecule has 0 heterocycles. The van der Waals surface area contributed by atoms with E-state index in [1.54, 1.807) is 7.11 Å². The number of primary amides is 1. The van der Waals surface area contributed by atoms with Gasteiger partial charge in [-0.25, -0.2) is 0 Å². The molecule has 1 aromatic carbocycles. The Morgan fingerprint density at radius 3 is 2.33 bits per heavy atom. The Morgan fingerprint density at radius 1 is 1.39 bits per heavy atom. The number of carbonyl (C=O) groups excluding carboxylic acids is 1. The second kappa shape index (κ2) is 5.31. The molecule has 2 N–H and O–H groups in total. The van der Waals surface area contributed by atoms with Gasteiger partial charge in [0.05, 0.1) is 13.0 Å². The maximum absolute atomic E-state index is 11.8. The first-order chi connectivity index (χ1) is 8.18. The molecule has 0 radical (unpaired) electrons. The van der Waals surface area contributed by atoms with E-state index < -0.39 is 0 Å². The van der Waals surface area contributed by atoms with Crippen LogP contribution >= 0.6 is 15.9 Å². The molecular formula is C14H20BrNO2. The molecule has 1 unspecified atom stereocenters. The van der Waals surface area contributed by atoms with Crippen LogP contribution in [0.4, 0.5) is 0 Å². The fourth-order valence-corrected chi connectivity index (χ4v) is 2.82. The molecule has 0 aromatic heterocycles. The number of nitrogens with two attached hydrogens (primary N) is 1. The van der Waals surface area contributed by atoms with E-state index in [0.717, 1.165) is 15.6 Å². The van der Waals surface area contributed by atoms with Gasteiger partial charge in [0.1, 0.15) is 5.75 Å². The minimum Gasteiger partial charge on any atom is -0.496 e. The highest BCUT2D eigenvalue weighted by atomic mass is 79.9. The first-order valence-corrected chi connectivity index (χ1v) is 6.61. The number of benzene rings is 1. The summed E-state index contributed by atoms with van der Waals surface area (Å²) in [5.74, 6) is -0.00706. The Labute approximate surface area is 117 Å². The number of hydrogen-bond acceptors (Lipinski definition) is 2. The number of amides is 1. The van der Waals surface area contributed by atoms with Crippen LogP contribution in [0.3, 0.4) is 0 Å². The van der Waals surface area contributed by atoms with Gasteiger partial charge in [-0.3, -0.25) is 4.79 Å². The second-order valence-corrected chi connectivity index (χ2v) is 6.46. The average molecular weight is 314 g/mol. The van der Waals surface area contributed by atoms with E-state index in [-0.39, 0.29) is 17.2 Å². The van der Waals surface area contributed by atoms with Crippen molar-refractivity contribution in [1.82, 2.24) is 0 Å². The van der Waals surface area contributed by atoms with Crippen LogP contribution in [0.15, 0.2) is 16.6 Å². The molecule has 0 aliphatic heterocycles. The molecule has 0 saturated carbocycles. The molecule has 4 heteroatoms. The largest absolute Gasteiger partial charge is 0.496 e. The number of methoxy groups -OCH3 is 1. The molecular weight excluding hydrogens is 294 g/mol. The zero-order valence-corrected chi connectivity index (χ0v) is 13.1. The number of ether oxygens (including phenoxy) is 1. The standard InChI is InChI=1S/C14H20BrNO2/c1-8-6-9(15)7-10(18-5)11(8)12(13(16)17)14(2,3)4/h6-7,12H,1-5H3,(H2,16,17). The number of carbonyl (C=O) groups is 1. The third-order valence-corrected chi connectivity index (χ3v) is 3.43. The van der Waals surface area contributed by atoms with Crippen LogP contribution in [0.5, 0.6) is 5.75 Å². The van der Waals surface area contributed by atoms with Crippen LogP contribution in [0.25, 0.3) is 0 Å². The Bertz CT molecular complexity index is 464. The Balaban J connectivity index is 3.50. The fraction of sp³-hybridized carbons (Fsp3) is 0.500. The predicted molar refractivity (Wildman–Crippen MR) is 76.8 cm³/mol. The molecule has 0 fully saturated rings. The van der Waals surface area contributed by atoms with Gasteiger partial charge in [-0.05, 0) is 30.0 Å². The lowest BCUT2D eigenvalue weighted by Crippen LogP contribution is -2.32. The highest BCUT2D eigenvalue weighted by Crippen LogP contribution is 2.42. The van der Waals surface area contributed by atoms with Crippen LogP contribution in [0, 0.1) is 12.3 Å². The maximum Gasteiger partial charge on any atom is 0.225 e. The summed E-state index contributed by atoms with van der Waals surface area (Å²) in [4.78, 5) is 11.8. The Morgan fingerprint density at radius 2 is 1.94 bits per heavy atom. The fourth-order valence-electron chi connectivity index (χ4n) is 2.26. The van der Waals surface area contributed by atoms with E-state index in [9.17, 15) is 4.79 Å². The minimum absolute atomic E-state index is 0.252. The average Bonchev–Trinajstić information content (AvgIpc) is 2.18. The lowest BCUT2D eigenvalue weighted by molar-refractivity contribution is -0.121. The van der Waals surface area contributed by atoms with Gasteiger partial charge in [-0.15, -0.1) is 0 Å². The predicted octanol–water partition coefficient (Wildman–Crippen LogP) is 3.38. The van der Waals surface area contributed by atoms with Gasteiger partial charge >= 0.3 is 0 Å². The SMILES string of the molecule is COc1cc(Br)cc(C)c1C(C(N)=O)C(C)(C)C. The highest BCUT2D eigenvalue weighted by molar-refractivity contribution is 9.10. The lowest BCUT2D eigenvalue weighted by Gasteiger charge is -2.30. The van der Waals surface area contributed by atoms with Crippen molar-refractivity contribution in [2.75, 3.05) is 7.11 Å². The van der Waals surface area contributed by atoms with Crippen molar-refractivity contribution in [3.63, 3.8) is 0 Å². The number of halogens is 1. The monoisotopic (exact) mass is 313 g/mol. The quantitative estimate of drug-likeness (QED) is 0.930. The van der Waals surface area contributed by atoms with Crippen LogP contribution < -0.4 is 10.5 Å². The first-order valence-electron chi connectivity index (χ1n) is 5.81. The van der Waals surface area contributed by atoms with E-state index >= 15 is 0 Å². The summed E-state index contributed by atoms with van der Waals surface area (Å²) in [5.41, 5.74) is 7.20. The molecule has 1 amide bonds. The first kappa shape index (κ1) is 15.0. The number of hydrogen-bond donors (Lipinski definition) is 1. The van der Waals surface area contributed by atoms with Gasteiger partial charge in [0, 0.05) is 10.0 Å². The van der Waals surface area contributed by atoms with Crippen molar-refractivity contribution in [2.45, 2.75) is 33.6 Å². The molecule has 0 aliphatic carbocycles. The van der Waals surface area contributed by atoms with Crippen molar-refractivity contribution < 1.29 is 9.53 Å². The Kier molecular flexibility index (Phi) is 4.43. The molecule has 1 rings (SSSR count). The molecule has 3 nitrogen and oxygen atoms in total. The number of rotatable bonds is 3. The molecule has 0 saturated heterocycles. The van der Waals surface area contributed by atoms with Gasteiger partial charge < -0.3 is 10.5 Å². The van der Waals surface area contributed by atoms with Crippen molar-refractivity contribution in [1.29, 1.82) is 0 Å². The minimum atomic E-state index is -0.374. The summed E-state index contributed by atoms with van der Waals surface area (Å²) in [5, 5.41) is 0. The van der Waals surface area contributed by atoms with Gasteiger partial charge in [0.25, 0.3) is 0 Å². The molecule has 1 atom stereocenters. The normalized spacial score (nSPS) is 13.2. The van der Waals surface area contributed by atoms with Gasteiger partial charge in [-0.2, -0.15) is 0 Å². The number of aryl methyl sites for hydroxylation is 1. The van der Waals surface area contributed by atoms with Crippen molar-refractivity contribution in [3.05, 3.63) is 27.7 Å². The molecule has 100 valence electrons. The molecule has 1 aromatic rings. The van der Waals surface area contributed by atoms with E-state index in [1.807, 2.05) is 39.8 Å². The smallest absolute Gasteiger partial charge is 0.225 e.